The largest absolute Gasteiger partial charge is 0.376 e. The number of urea groups is 1. The summed E-state index contributed by atoms with van der Waals surface area (Å²) in [5, 5.41) is 2.85. The fourth-order valence-corrected chi connectivity index (χ4v) is 3.34. The maximum atomic E-state index is 12.8. The molecule has 2 atom stereocenters. The molecular weight excluding hydrogens is 292 g/mol. The van der Waals surface area contributed by atoms with E-state index in [1.807, 2.05) is 24.3 Å². The molecule has 1 aromatic carbocycles. The lowest BCUT2D eigenvalue weighted by Crippen LogP contribution is -2.42. The number of hydrogen-bond donors (Lipinski definition) is 1. The molecule has 3 rings (SSSR count). The summed E-state index contributed by atoms with van der Waals surface area (Å²) in [4.78, 5) is 26.4. The van der Waals surface area contributed by atoms with E-state index in [0.29, 0.717) is 13.2 Å². The van der Waals surface area contributed by atoms with Crippen molar-refractivity contribution in [2.24, 2.45) is 0 Å². The van der Waals surface area contributed by atoms with E-state index in [-0.39, 0.29) is 18.0 Å². The number of amides is 3. The second-order valence-corrected chi connectivity index (χ2v) is 6.55. The van der Waals surface area contributed by atoms with Gasteiger partial charge in [0.15, 0.2) is 0 Å². The summed E-state index contributed by atoms with van der Waals surface area (Å²) in [7, 11) is 0. The van der Waals surface area contributed by atoms with Crippen LogP contribution in [-0.4, -0.2) is 36.1 Å². The second kappa shape index (κ2) is 6.32. The molecule has 2 aliphatic rings. The van der Waals surface area contributed by atoms with Crippen LogP contribution in [0.4, 0.5) is 4.79 Å². The van der Waals surface area contributed by atoms with Crippen LogP contribution in [0.3, 0.4) is 0 Å². The lowest BCUT2D eigenvalue weighted by atomic mass is 9.91. The van der Waals surface area contributed by atoms with Crippen molar-refractivity contribution < 1.29 is 14.3 Å². The minimum Gasteiger partial charge on any atom is -0.376 e. The van der Waals surface area contributed by atoms with Crippen molar-refractivity contribution >= 4 is 11.9 Å². The third-order valence-corrected chi connectivity index (χ3v) is 4.76. The Morgan fingerprint density at radius 2 is 2.04 bits per heavy atom. The average Bonchev–Trinajstić information content (AvgIpc) is 3.12. The van der Waals surface area contributed by atoms with E-state index < -0.39 is 5.54 Å². The highest BCUT2D eigenvalue weighted by molar-refractivity contribution is 6.07. The highest BCUT2D eigenvalue weighted by Gasteiger charge is 2.49. The van der Waals surface area contributed by atoms with Crippen molar-refractivity contribution in [3.05, 3.63) is 35.4 Å². The quantitative estimate of drug-likeness (QED) is 0.850. The zero-order valence-corrected chi connectivity index (χ0v) is 13.8. The number of rotatable bonds is 5. The summed E-state index contributed by atoms with van der Waals surface area (Å²) in [6.45, 7) is 4.97. The Hall–Kier alpha value is -1.88. The van der Waals surface area contributed by atoms with Gasteiger partial charge in [0.25, 0.3) is 5.91 Å². The minimum atomic E-state index is -0.986. The molecule has 5 heteroatoms. The second-order valence-electron chi connectivity index (χ2n) is 6.55. The van der Waals surface area contributed by atoms with E-state index in [0.717, 1.165) is 31.2 Å². The van der Waals surface area contributed by atoms with Gasteiger partial charge in [-0.3, -0.25) is 9.69 Å². The molecule has 2 saturated heterocycles. The molecule has 0 spiro atoms. The van der Waals surface area contributed by atoms with Crippen molar-refractivity contribution in [2.75, 3.05) is 13.2 Å². The summed E-state index contributed by atoms with van der Waals surface area (Å²) in [5.74, 6) is -0.193. The molecule has 0 saturated carbocycles. The molecule has 0 bridgehead atoms. The fourth-order valence-electron chi connectivity index (χ4n) is 3.34. The fraction of sp³-hybridized carbons (Fsp3) is 0.556. The van der Waals surface area contributed by atoms with E-state index in [2.05, 4.69) is 12.2 Å². The molecule has 2 fully saturated rings. The molecule has 0 aliphatic carbocycles. The van der Waals surface area contributed by atoms with Gasteiger partial charge in [-0.15, -0.1) is 0 Å². The number of imide groups is 1. The molecule has 0 aromatic heterocycles. The highest BCUT2D eigenvalue weighted by atomic mass is 16.5. The van der Waals surface area contributed by atoms with Gasteiger partial charge in [0.1, 0.15) is 5.54 Å². The van der Waals surface area contributed by atoms with Crippen molar-refractivity contribution in [2.45, 2.75) is 51.2 Å². The first kappa shape index (κ1) is 16.0. The predicted molar refractivity (Wildman–Crippen MR) is 87.0 cm³/mol. The van der Waals surface area contributed by atoms with Crippen molar-refractivity contribution in [3.63, 3.8) is 0 Å². The summed E-state index contributed by atoms with van der Waals surface area (Å²) in [6.07, 6.45) is 3.97. The molecule has 0 radical (unpaired) electrons. The molecule has 2 aliphatic heterocycles. The molecule has 3 amide bonds. The summed E-state index contributed by atoms with van der Waals surface area (Å²) in [5.41, 5.74) is 1.08. The number of carbonyl (C=O) groups excluding carboxylic acids is 2. The topological polar surface area (TPSA) is 58.6 Å². The van der Waals surface area contributed by atoms with Gasteiger partial charge in [-0.1, -0.05) is 37.6 Å². The maximum Gasteiger partial charge on any atom is 0.325 e. The number of benzene rings is 1. The molecule has 1 aromatic rings. The SMILES string of the molecule is CCCc1ccc(C2(C)NC(=O)N(CC3CCCO3)C2=O)cc1. The third kappa shape index (κ3) is 2.98. The number of carbonyl (C=O) groups is 2. The Kier molecular flexibility index (Phi) is 4.39. The lowest BCUT2D eigenvalue weighted by molar-refractivity contribution is -0.132. The maximum absolute atomic E-state index is 12.8. The van der Waals surface area contributed by atoms with Gasteiger partial charge in [-0.05, 0) is 37.3 Å². The first-order valence-corrected chi connectivity index (χ1v) is 8.39. The third-order valence-electron chi connectivity index (χ3n) is 4.76. The Morgan fingerprint density at radius 1 is 1.30 bits per heavy atom. The Balaban J connectivity index is 1.78. The van der Waals surface area contributed by atoms with Crippen LogP contribution in [0, 0.1) is 0 Å². The van der Waals surface area contributed by atoms with Gasteiger partial charge in [0.05, 0.1) is 12.6 Å². The Bertz CT molecular complexity index is 593. The highest BCUT2D eigenvalue weighted by Crippen LogP contribution is 2.30. The average molecular weight is 316 g/mol. The number of nitrogens with one attached hydrogen (secondary N) is 1. The molecule has 2 heterocycles. The zero-order chi connectivity index (χ0) is 16.4. The van der Waals surface area contributed by atoms with E-state index in [1.165, 1.54) is 10.5 Å². The first-order chi connectivity index (χ1) is 11.0. The van der Waals surface area contributed by atoms with Crippen molar-refractivity contribution in [1.29, 1.82) is 0 Å². The summed E-state index contributed by atoms with van der Waals surface area (Å²) >= 11 is 0. The first-order valence-electron chi connectivity index (χ1n) is 8.39. The Morgan fingerprint density at radius 3 is 2.65 bits per heavy atom. The van der Waals surface area contributed by atoms with Gasteiger partial charge in [-0.25, -0.2) is 4.79 Å². The minimum absolute atomic E-state index is 0.0287. The normalized spacial score (nSPS) is 27.6. The predicted octanol–water partition coefficient (Wildman–Crippen LogP) is 2.59. The molecule has 5 nitrogen and oxygen atoms in total. The number of aryl methyl sites for hydroxylation is 1. The van der Waals surface area contributed by atoms with Crippen LogP contribution in [0.2, 0.25) is 0 Å². The monoisotopic (exact) mass is 316 g/mol. The van der Waals surface area contributed by atoms with Crippen LogP contribution in [-0.2, 0) is 21.5 Å². The number of nitrogens with zero attached hydrogens (tertiary/aromatic N) is 1. The van der Waals surface area contributed by atoms with E-state index in [9.17, 15) is 9.59 Å². The van der Waals surface area contributed by atoms with Crippen LogP contribution >= 0.6 is 0 Å². The van der Waals surface area contributed by atoms with Crippen LogP contribution in [0.5, 0.6) is 0 Å². The van der Waals surface area contributed by atoms with E-state index in [4.69, 9.17) is 4.74 Å². The van der Waals surface area contributed by atoms with Crippen LogP contribution < -0.4 is 5.32 Å². The van der Waals surface area contributed by atoms with Gasteiger partial charge >= 0.3 is 6.03 Å². The molecule has 23 heavy (non-hydrogen) atoms. The molecule has 2 unspecified atom stereocenters. The number of ether oxygens (including phenoxy) is 1. The van der Waals surface area contributed by atoms with Crippen molar-refractivity contribution in [1.82, 2.24) is 10.2 Å². The van der Waals surface area contributed by atoms with Gasteiger partial charge in [-0.2, -0.15) is 0 Å². The van der Waals surface area contributed by atoms with Crippen molar-refractivity contribution in [3.8, 4) is 0 Å². The van der Waals surface area contributed by atoms with Crippen LogP contribution in [0.25, 0.3) is 0 Å². The summed E-state index contributed by atoms with van der Waals surface area (Å²) < 4.78 is 5.55. The van der Waals surface area contributed by atoms with Gasteiger partial charge in [0.2, 0.25) is 0 Å². The summed E-state index contributed by atoms with van der Waals surface area (Å²) in [6, 6.07) is 7.63. The molecule has 124 valence electrons. The standard InChI is InChI=1S/C18H24N2O3/c1-3-5-13-7-9-14(10-8-13)18(2)16(21)20(17(22)19-18)12-15-6-4-11-23-15/h7-10,15H,3-6,11-12H2,1-2H3,(H,19,22). The lowest BCUT2D eigenvalue weighted by Gasteiger charge is -2.23. The zero-order valence-electron chi connectivity index (χ0n) is 13.8. The van der Waals surface area contributed by atoms with E-state index in [1.54, 1.807) is 6.92 Å². The smallest absolute Gasteiger partial charge is 0.325 e. The van der Waals surface area contributed by atoms with Gasteiger partial charge < -0.3 is 10.1 Å². The molecule has 1 N–H and O–H groups in total. The van der Waals surface area contributed by atoms with E-state index >= 15 is 0 Å². The van der Waals surface area contributed by atoms with Crippen LogP contribution in [0.1, 0.15) is 44.2 Å². The Labute approximate surface area is 137 Å². The molecular formula is C18H24N2O3. The number of hydrogen-bond acceptors (Lipinski definition) is 3. The van der Waals surface area contributed by atoms with Gasteiger partial charge in [0, 0.05) is 6.61 Å². The van der Waals surface area contributed by atoms with Crippen LogP contribution in [0.15, 0.2) is 24.3 Å².